The second-order valence-electron chi connectivity index (χ2n) is 32.6. The molecule has 360 valence electrons. The quantitative estimate of drug-likeness (QED) is 0.146. The predicted octanol–water partition coefficient (Wildman–Crippen LogP) is 21.5. The molecular formula is C48H108I4Si8. The molecule has 0 aromatic heterocycles. The van der Waals surface area contributed by atoms with Crippen molar-refractivity contribution in [2.75, 3.05) is 0 Å². The molecule has 0 saturated carbocycles. The number of hydrogen-bond donors (Lipinski definition) is 0. The summed E-state index contributed by atoms with van der Waals surface area (Å²) in [6.07, 6.45) is -2.58. The minimum atomic E-state index is -2.58. The van der Waals surface area contributed by atoms with Crippen LogP contribution in [0.2, 0.25) is 60.5 Å². The van der Waals surface area contributed by atoms with E-state index in [2.05, 4.69) is 336 Å². The molecule has 60 heavy (non-hydrogen) atoms. The number of halogens is 4. The van der Waals surface area contributed by atoms with Crippen molar-refractivity contribution in [1.82, 2.24) is 0 Å². The van der Waals surface area contributed by atoms with Crippen molar-refractivity contribution in [1.29, 1.82) is 0 Å². The molecular weight excluding hydrogens is 1310 g/mol. The summed E-state index contributed by atoms with van der Waals surface area (Å²) in [5, 5.41) is 2.82. The highest BCUT2D eigenvalue weighted by atomic mass is 127. The van der Waals surface area contributed by atoms with Crippen LogP contribution in [0, 0.1) is 0 Å². The van der Waals surface area contributed by atoms with Gasteiger partial charge in [0.15, 0.2) is 2.10 Å². The monoisotopic (exact) mass is 1420 g/mol. The molecule has 0 bridgehead atoms. The van der Waals surface area contributed by atoms with Gasteiger partial charge in [-0.25, -0.2) is 0 Å². The molecule has 0 aliphatic carbocycles. The molecule has 1 rings (SSSR count). The Morgan fingerprint density at radius 3 is 0.467 bits per heavy atom. The maximum absolute atomic E-state index is 3.85. The maximum Gasteiger partial charge on any atom is 0.169 e. The fourth-order valence-corrected chi connectivity index (χ4v) is 917. The van der Waals surface area contributed by atoms with Crippen LogP contribution in [0.4, 0.5) is 0 Å². The third-order valence-electron chi connectivity index (χ3n) is 17.5. The van der Waals surface area contributed by atoms with Gasteiger partial charge in [-0.3, -0.25) is 0 Å². The highest BCUT2D eigenvalue weighted by Gasteiger charge is 3.13. The van der Waals surface area contributed by atoms with E-state index in [0.717, 1.165) is 0 Å². The Balaban J connectivity index is 6.51. The minimum Gasteiger partial charge on any atom is -0.129 e. The molecule has 0 amide bonds. The van der Waals surface area contributed by atoms with Gasteiger partial charge in [0.2, 0.25) is 0 Å². The van der Waals surface area contributed by atoms with Crippen LogP contribution >= 0.6 is 87.2 Å². The van der Waals surface area contributed by atoms with Crippen molar-refractivity contribution in [3.63, 3.8) is 0 Å². The molecule has 0 nitrogen and oxygen atoms in total. The molecule has 0 N–H and O–H groups in total. The lowest BCUT2D eigenvalue weighted by molar-refractivity contribution is 0.551. The molecule has 1 aliphatic heterocycles. The molecule has 1 heterocycles. The van der Waals surface area contributed by atoms with Gasteiger partial charge >= 0.3 is 0 Å². The predicted molar refractivity (Wildman–Crippen MR) is 339 cm³/mol. The first-order valence-corrected chi connectivity index (χ1v) is 60.2. The van der Waals surface area contributed by atoms with E-state index in [1.165, 1.54) is 0 Å². The summed E-state index contributed by atoms with van der Waals surface area (Å²) in [6.45, 7) is 103. The average Bonchev–Trinajstić information content (AvgIpc) is 3.18. The standard InChI is InChI=1S/C48H108I4Si8/c1-37(2,3)53(38(4,5)6,39(7,8)9)57(49,50)60(56(46(28,29)30,47(31,32)33)48(34,35)36)58(51,54(40(10,11)12,41(13,14)15)42(16,17)18)59(60,52)55(43(19,20)21,44(22,23)24)45(25,26)27/h1-36H3/t58-,59-/m1/s1. The Hall–Kier alpha value is 4.66. The summed E-state index contributed by atoms with van der Waals surface area (Å²) >= 11 is 15.1. The lowest BCUT2D eigenvalue weighted by Crippen LogP contribution is -2.93. The number of rotatable bonds is 5. The Kier molecular flexibility index (Phi) is 16.8. The first-order chi connectivity index (χ1) is 25.0. The highest BCUT2D eigenvalue weighted by Crippen LogP contribution is 2.93. The van der Waals surface area contributed by atoms with E-state index in [-0.39, 0.29) is 60.5 Å². The van der Waals surface area contributed by atoms with E-state index in [4.69, 9.17) is 0 Å². The van der Waals surface area contributed by atoms with E-state index in [1.54, 1.807) is 0 Å². The second-order valence-corrected chi connectivity index (χ2v) is 174. The van der Waals surface area contributed by atoms with E-state index in [1.807, 2.05) is 0 Å². The zero-order valence-corrected chi connectivity index (χ0v) is 64.1. The summed E-state index contributed by atoms with van der Waals surface area (Å²) in [5.41, 5.74) is 0. The van der Waals surface area contributed by atoms with E-state index in [9.17, 15) is 0 Å². The van der Waals surface area contributed by atoms with Crippen LogP contribution in [0.25, 0.3) is 0 Å². The Labute approximate surface area is 438 Å². The molecule has 1 aliphatic rings. The summed E-state index contributed by atoms with van der Waals surface area (Å²) < 4.78 is -7.40. The largest absolute Gasteiger partial charge is 0.169 e. The molecule has 0 radical (unpaired) electrons. The van der Waals surface area contributed by atoms with Crippen LogP contribution in [-0.2, 0) is 0 Å². The third-order valence-corrected chi connectivity index (χ3v) is 378. The highest BCUT2D eigenvalue weighted by molar-refractivity contribution is 14.3. The second kappa shape index (κ2) is 16.1. The zero-order valence-electron chi connectivity index (χ0n) is 47.5. The smallest absolute Gasteiger partial charge is 0.129 e. The Bertz CT molecular complexity index is 1380. The van der Waals surface area contributed by atoms with Gasteiger partial charge in [0.25, 0.3) is 0 Å². The molecule has 0 aromatic rings. The SMILES string of the molecule is CC(C)(C)[Si](C(C)(C)C)(C(C)(C)C)[Si](I)(I)[Si]1([Si](C(C)(C)C)(C(C)(C)C)C(C)(C)C)[Si@](I)([Si](C(C)(C)C)(C(C)(C)C)C(C)(C)C)[Si@@]1(I)[Si](C(C)(C)C)(C(C)(C)C)C(C)(C)C. The van der Waals surface area contributed by atoms with Gasteiger partial charge in [-0.2, -0.15) is 0 Å². The van der Waals surface area contributed by atoms with Crippen molar-refractivity contribution in [3.05, 3.63) is 0 Å². The van der Waals surface area contributed by atoms with E-state index < -0.39 is 46.9 Å². The van der Waals surface area contributed by atoms with Crippen LogP contribution in [0.15, 0.2) is 0 Å². The van der Waals surface area contributed by atoms with Crippen LogP contribution in [0.1, 0.15) is 249 Å². The first kappa shape index (κ1) is 62.7. The summed E-state index contributed by atoms with van der Waals surface area (Å²) in [5.74, 6) is 0. The van der Waals surface area contributed by atoms with Crippen LogP contribution < -0.4 is 0 Å². The van der Waals surface area contributed by atoms with Crippen LogP contribution in [0.5, 0.6) is 0 Å². The minimum absolute atomic E-state index is 0.225. The normalized spacial score (nSPS) is 25.2. The van der Waals surface area contributed by atoms with Crippen LogP contribution in [-0.4, -0.2) is 46.9 Å². The average molecular weight is 1420 g/mol. The van der Waals surface area contributed by atoms with Gasteiger partial charge < -0.3 is 0 Å². The summed E-state index contributed by atoms with van der Waals surface area (Å²) in [4.78, 5) is 0. The zero-order chi connectivity index (χ0) is 50.0. The van der Waals surface area contributed by atoms with Gasteiger partial charge in [0, 0.05) is 0 Å². The first-order valence-electron chi connectivity index (χ1n) is 23.8. The van der Waals surface area contributed by atoms with Crippen molar-refractivity contribution in [2.24, 2.45) is 0 Å². The van der Waals surface area contributed by atoms with Crippen molar-refractivity contribution in [3.8, 4) is 0 Å². The Morgan fingerprint density at radius 1 is 0.233 bits per heavy atom. The topological polar surface area (TPSA) is 0 Å². The number of hydrogen-bond acceptors (Lipinski definition) is 0. The molecule has 2 atom stereocenters. The fourth-order valence-electron chi connectivity index (χ4n) is 22.7. The van der Waals surface area contributed by atoms with Crippen molar-refractivity contribution < 1.29 is 0 Å². The molecule has 0 spiro atoms. The Morgan fingerprint density at radius 2 is 0.367 bits per heavy atom. The molecule has 1 fully saturated rings. The van der Waals surface area contributed by atoms with Gasteiger partial charge in [0.1, 0.15) is 8.25 Å². The molecule has 0 unspecified atom stereocenters. The molecule has 1 saturated heterocycles. The third kappa shape index (κ3) is 7.14. The summed E-state index contributed by atoms with van der Waals surface area (Å²) in [7, 11) is -9.91. The maximum atomic E-state index is 3.85. The lowest BCUT2D eigenvalue weighted by atomic mass is 10.2. The van der Waals surface area contributed by atoms with Crippen molar-refractivity contribution in [2.45, 2.75) is 310 Å². The lowest BCUT2D eigenvalue weighted by Gasteiger charge is -2.75. The van der Waals surface area contributed by atoms with Crippen molar-refractivity contribution >= 4 is 134 Å². The van der Waals surface area contributed by atoms with Crippen LogP contribution in [0.3, 0.4) is 0 Å². The van der Waals surface area contributed by atoms with Gasteiger partial charge in [-0.15, -0.1) is 87.2 Å². The molecule has 0 aromatic carbocycles. The van der Waals surface area contributed by atoms with E-state index in [0.29, 0.717) is 0 Å². The van der Waals surface area contributed by atoms with E-state index >= 15 is 0 Å². The van der Waals surface area contributed by atoms with Gasteiger partial charge in [0.05, 0.1) is 36.5 Å². The molecule has 12 heteroatoms. The van der Waals surface area contributed by atoms with Gasteiger partial charge in [-0.05, 0) is 60.5 Å². The van der Waals surface area contributed by atoms with Gasteiger partial charge in [-0.1, -0.05) is 249 Å². The summed E-state index contributed by atoms with van der Waals surface area (Å²) in [6, 6.07) is 0. The fraction of sp³-hybridized carbons (Fsp3) is 1.00.